The quantitative estimate of drug-likeness (QED) is 0.797. The Labute approximate surface area is 138 Å². The molecule has 0 aliphatic carbocycles. The molecular formula is C18H22ClNO2. The smallest absolute Gasteiger partial charge is 0.179 e. The van der Waals surface area contributed by atoms with Crippen LogP contribution in [0.1, 0.15) is 22.8 Å². The van der Waals surface area contributed by atoms with Crippen molar-refractivity contribution in [2.75, 3.05) is 13.2 Å². The molecule has 0 aliphatic rings. The van der Waals surface area contributed by atoms with Gasteiger partial charge in [0.05, 0.1) is 12.6 Å². The molecular weight excluding hydrogens is 298 g/mol. The third kappa shape index (κ3) is 4.95. The van der Waals surface area contributed by atoms with E-state index in [9.17, 15) is 9.90 Å². The van der Waals surface area contributed by atoms with Gasteiger partial charge in [-0.1, -0.05) is 60.7 Å². The Morgan fingerprint density at radius 1 is 1.05 bits per heavy atom. The third-order valence-electron chi connectivity index (χ3n) is 3.60. The van der Waals surface area contributed by atoms with Gasteiger partial charge in [-0.05, 0) is 12.5 Å². The minimum absolute atomic E-state index is 0. The molecule has 2 aromatic rings. The normalized spacial score (nSPS) is 11.8. The van der Waals surface area contributed by atoms with E-state index in [2.05, 4.69) is 0 Å². The van der Waals surface area contributed by atoms with Crippen LogP contribution in [0.5, 0.6) is 0 Å². The minimum Gasteiger partial charge on any atom is -0.395 e. The van der Waals surface area contributed by atoms with Crippen molar-refractivity contribution in [2.24, 2.45) is 0 Å². The van der Waals surface area contributed by atoms with Gasteiger partial charge in [0.1, 0.15) is 0 Å². The van der Waals surface area contributed by atoms with Gasteiger partial charge < -0.3 is 5.11 Å². The van der Waals surface area contributed by atoms with Crippen LogP contribution >= 0.6 is 12.4 Å². The predicted octanol–water partition coefficient (Wildman–Crippen LogP) is 3.17. The van der Waals surface area contributed by atoms with Crippen molar-refractivity contribution >= 4 is 18.2 Å². The molecule has 0 saturated carbocycles. The predicted molar refractivity (Wildman–Crippen MR) is 91.4 cm³/mol. The highest BCUT2D eigenvalue weighted by atomic mass is 35.5. The van der Waals surface area contributed by atoms with Crippen LogP contribution in [0.4, 0.5) is 0 Å². The minimum atomic E-state index is -0.264. The Morgan fingerprint density at radius 2 is 1.59 bits per heavy atom. The van der Waals surface area contributed by atoms with E-state index >= 15 is 0 Å². The Kier molecular flexibility index (Phi) is 7.82. The maximum Gasteiger partial charge on any atom is 0.179 e. The molecule has 0 heterocycles. The van der Waals surface area contributed by atoms with Crippen LogP contribution < -0.4 is 0 Å². The van der Waals surface area contributed by atoms with Crippen molar-refractivity contribution in [1.29, 1.82) is 0 Å². The zero-order chi connectivity index (χ0) is 15.1. The topological polar surface area (TPSA) is 40.5 Å². The number of carbonyl (C=O) groups excluding carboxylic acids is 1. The SMILES string of the molecule is CC(C(=O)c1ccccc1)N(CCO)Cc1ccccc1.Cl. The lowest BCUT2D eigenvalue weighted by molar-refractivity contribution is 0.0794. The second-order valence-corrected chi connectivity index (χ2v) is 5.09. The van der Waals surface area contributed by atoms with Crippen LogP contribution in [0.15, 0.2) is 60.7 Å². The highest BCUT2D eigenvalue weighted by molar-refractivity contribution is 5.99. The lowest BCUT2D eigenvalue weighted by Crippen LogP contribution is -2.40. The molecule has 0 spiro atoms. The highest BCUT2D eigenvalue weighted by Crippen LogP contribution is 2.12. The Balaban J connectivity index is 0.00000242. The van der Waals surface area contributed by atoms with E-state index < -0.39 is 0 Å². The first-order valence-corrected chi connectivity index (χ1v) is 7.20. The fraction of sp³-hybridized carbons (Fsp3) is 0.278. The van der Waals surface area contributed by atoms with E-state index in [1.165, 1.54) is 0 Å². The summed E-state index contributed by atoms with van der Waals surface area (Å²) in [5.41, 5.74) is 1.85. The summed E-state index contributed by atoms with van der Waals surface area (Å²) in [5.74, 6) is 0.0833. The Morgan fingerprint density at radius 3 is 2.14 bits per heavy atom. The van der Waals surface area contributed by atoms with Gasteiger partial charge in [0.25, 0.3) is 0 Å². The molecule has 1 unspecified atom stereocenters. The van der Waals surface area contributed by atoms with Crippen molar-refractivity contribution in [3.05, 3.63) is 71.8 Å². The fourth-order valence-electron chi connectivity index (χ4n) is 2.37. The molecule has 0 aromatic heterocycles. The van der Waals surface area contributed by atoms with Gasteiger partial charge >= 0.3 is 0 Å². The van der Waals surface area contributed by atoms with Crippen LogP contribution in [0.25, 0.3) is 0 Å². The Hall–Kier alpha value is -1.68. The number of aliphatic hydroxyl groups excluding tert-OH is 1. The summed E-state index contributed by atoms with van der Waals surface area (Å²) in [4.78, 5) is 14.5. The molecule has 2 aromatic carbocycles. The van der Waals surface area contributed by atoms with Gasteiger partial charge in [-0.2, -0.15) is 0 Å². The van der Waals surface area contributed by atoms with Gasteiger partial charge in [-0.25, -0.2) is 0 Å². The van der Waals surface area contributed by atoms with Gasteiger partial charge in [-0.15, -0.1) is 12.4 Å². The average molecular weight is 320 g/mol. The van der Waals surface area contributed by atoms with Crippen molar-refractivity contribution in [2.45, 2.75) is 19.5 Å². The summed E-state index contributed by atoms with van der Waals surface area (Å²) >= 11 is 0. The van der Waals surface area contributed by atoms with Crippen LogP contribution in [0.2, 0.25) is 0 Å². The molecule has 2 rings (SSSR count). The van der Waals surface area contributed by atoms with Crippen LogP contribution in [-0.4, -0.2) is 35.0 Å². The van der Waals surface area contributed by atoms with Crippen molar-refractivity contribution in [1.82, 2.24) is 4.90 Å². The summed E-state index contributed by atoms with van der Waals surface area (Å²) in [5, 5.41) is 9.26. The van der Waals surface area contributed by atoms with E-state index in [1.807, 2.05) is 72.5 Å². The molecule has 0 aliphatic heterocycles. The number of halogens is 1. The molecule has 22 heavy (non-hydrogen) atoms. The second kappa shape index (κ2) is 9.36. The van der Waals surface area contributed by atoms with Gasteiger partial charge in [0.15, 0.2) is 5.78 Å². The third-order valence-corrected chi connectivity index (χ3v) is 3.60. The van der Waals surface area contributed by atoms with E-state index in [4.69, 9.17) is 0 Å². The standard InChI is InChI=1S/C18H21NO2.ClH/c1-15(18(21)17-10-6-3-7-11-17)19(12-13-20)14-16-8-4-2-5-9-16;/h2-11,15,20H,12-14H2,1H3;1H. The molecule has 1 atom stereocenters. The number of carbonyl (C=O) groups is 1. The maximum atomic E-state index is 12.5. The number of hydrogen-bond donors (Lipinski definition) is 1. The van der Waals surface area contributed by atoms with Crippen LogP contribution in [0, 0.1) is 0 Å². The second-order valence-electron chi connectivity index (χ2n) is 5.09. The van der Waals surface area contributed by atoms with E-state index in [-0.39, 0.29) is 30.8 Å². The molecule has 0 amide bonds. The van der Waals surface area contributed by atoms with Crippen LogP contribution in [0.3, 0.4) is 0 Å². The zero-order valence-electron chi connectivity index (χ0n) is 12.7. The number of ketones is 1. The first-order valence-electron chi connectivity index (χ1n) is 7.20. The average Bonchev–Trinajstić information content (AvgIpc) is 2.55. The molecule has 1 N–H and O–H groups in total. The molecule has 0 fully saturated rings. The first kappa shape index (κ1) is 18.4. The maximum absolute atomic E-state index is 12.5. The Bertz CT molecular complexity index is 560. The van der Waals surface area contributed by atoms with Crippen molar-refractivity contribution < 1.29 is 9.90 Å². The summed E-state index contributed by atoms with van der Waals surface area (Å²) in [6.07, 6.45) is 0. The summed E-state index contributed by atoms with van der Waals surface area (Å²) in [6.45, 7) is 3.07. The van der Waals surface area contributed by atoms with Crippen molar-refractivity contribution in [3.63, 3.8) is 0 Å². The fourth-order valence-corrected chi connectivity index (χ4v) is 2.37. The highest BCUT2D eigenvalue weighted by Gasteiger charge is 2.22. The number of rotatable bonds is 7. The summed E-state index contributed by atoms with van der Waals surface area (Å²) < 4.78 is 0. The lowest BCUT2D eigenvalue weighted by Gasteiger charge is -2.27. The number of Topliss-reactive ketones (excluding diaryl/α,β-unsaturated/α-hetero) is 1. The van der Waals surface area contributed by atoms with Crippen LogP contribution in [-0.2, 0) is 6.54 Å². The molecule has 4 heteroatoms. The molecule has 3 nitrogen and oxygen atoms in total. The monoisotopic (exact) mass is 319 g/mol. The van der Waals surface area contributed by atoms with E-state index in [0.717, 1.165) is 5.56 Å². The zero-order valence-corrected chi connectivity index (χ0v) is 13.5. The number of hydrogen-bond acceptors (Lipinski definition) is 3. The summed E-state index contributed by atoms with van der Waals surface area (Å²) in [7, 11) is 0. The number of nitrogens with zero attached hydrogens (tertiary/aromatic N) is 1. The van der Waals surface area contributed by atoms with Gasteiger partial charge in [0.2, 0.25) is 0 Å². The number of aliphatic hydroxyl groups is 1. The molecule has 0 saturated heterocycles. The van der Waals surface area contributed by atoms with E-state index in [0.29, 0.717) is 18.7 Å². The first-order chi connectivity index (χ1) is 10.2. The number of benzene rings is 2. The molecule has 118 valence electrons. The summed E-state index contributed by atoms with van der Waals surface area (Å²) in [6, 6.07) is 19.0. The van der Waals surface area contributed by atoms with E-state index in [1.54, 1.807) is 0 Å². The van der Waals surface area contributed by atoms with Crippen molar-refractivity contribution in [3.8, 4) is 0 Å². The molecule has 0 bridgehead atoms. The molecule has 0 radical (unpaired) electrons. The lowest BCUT2D eigenvalue weighted by atomic mass is 10.0. The van der Waals surface area contributed by atoms with Gasteiger partial charge in [-0.3, -0.25) is 9.69 Å². The largest absolute Gasteiger partial charge is 0.395 e. The van der Waals surface area contributed by atoms with Gasteiger partial charge in [0, 0.05) is 18.7 Å².